The molecule has 0 saturated heterocycles. The highest BCUT2D eigenvalue weighted by Crippen LogP contribution is 2.20. The second-order valence-electron chi connectivity index (χ2n) is 5.13. The zero-order chi connectivity index (χ0) is 15.1. The molecule has 3 aromatic rings. The summed E-state index contributed by atoms with van der Waals surface area (Å²) in [5.74, 6) is -0.0735. The van der Waals surface area contributed by atoms with Crippen LogP contribution in [-0.2, 0) is 13.6 Å². The van der Waals surface area contributed by atoms with Crippen molar-refractivity contribution in [3.8, 4) is 0 Å². The van der Waals surface area contributed by atoms with Gasteiger partial charge in [0.05, 0.1) is 29.3 Å². The van der Waals surface area contributed by atoms with E-state index < -0.39 is 5.97 Å². The Labute approximate surface area is 121 Å². The summed E-state index contributed by atoms with van der Waals surface area (Å²) in [5.41, 5.74) is 4.09. The van der Waals surface area contributed by atoms with Crippen LogP contribution in [0, 0.1) is 13.8 Å². The highest BCUT2D eigenvalue weighted by molar-refractivity contribution is 5.92. The summed E-state index contributed by atoms with van der Waals surface area (Å²) >= 11 is 0. The van der Waals surface area contributed by atoms with Crippen LogP contribution in [0.2, 0.25) is 0 Å². The van der Waals surface area contributed by atoms with Gasteiger partial charge in [-0.3, -0.25) is 4.68 Å². The SMILES string of the molecule is Cc1c(Cn2c(C)nc3ccc(C(=O)O)cc32)cnn1C. The third kappa shape index (κ3) is 2.18. The van der Waals surface area contributed by atoms with Gasteiger partial charge in [-0.15, -0.1) is 0 Å². The van der Waals surface area contributed by atoms with Crippen LogP contribution in [0.3, 0.4) is 0 Å². The number of imidazole rings is 1. The molecule has 1 aromatic carbocycles. The smallest absolute Gasteiger partial charge is 0.335 e. The molecule has 3 rings (SSSR count). The Morgan fingerprint density at radius 3 is 2.71 bits per heavy atom. The lowest BCUT2D eigenvalue weighted by atomic mass is 10.2. The lowest BCUT2D eigenvalue weighted by Crippen LogP contribution is -2.04. The molecule has 108 valence electrons. The molecule has 0 aliphatic heterocycles. The van der Waals surface area contributed by atoms with Gasteiger partial charge in [-0.25, -0.2) is 9.78 Å². The Kier molecular flexibility index (Phi) is 3.01. The number of aryl methyl sites for hydroxylation is 2. The molecule has 0 saturated carbocycles. The van der Waals surface area contributed by atoms with Crippen LogP contribution in [0.4, 0.5) is 0 Å². The average molecular weight is 284 g/mol. The van der Waals surface area contributed by atoms with Gasteiger partial charge in [0.1, 0.15) is 5.82 Å². The van der Waals surface area contributed by atoms with Crippen LogP contribution < -0.4 is 0 Å². The standard InChI is InChI=1S/C15H16N4O2/c1-9-12(7-16-18(9)3)8-19-10(2)17-13-5-4-11(15(20)21)6-14(13)19/h4-7H,8H2,1-3H3,(H,20,21). The van der Waals surface area contributed by atoms with E-state index in [0.29, 0.717) is 6.54 Å². The molecule has 0 aliphatic rings. The van der Waals surface area contributed by atoms with Crippen molar-refractivity contribution < 1.29 is 9.90 Å². The number of benzene rings is 1. The maximum Gasteiger partial charge on any atom is 0.335 e. The molecule has 0 bridgehead atoms. The van der Waals surface area contributed by atoms with Crippen LogP contribution in [0.25, 0.3) is 11.0 Å². The normalized spacial score (nSPS) is 11.2. The Hall–Kier alpha value is -2.63. The highest BCUT2D eigenvalue weighted by Gasteiger charge is 2.13. The summed E-state index contributed by atoms with van der Waals surface area (Å²) in [4.78, 5) is 15.6. The van der Waals surface area contributed by atoms with Crippen molar-refractivity contribution in [3.05, 3.63) is 47.0 Å². The Bertz CT molecular complexity index is 845. The minimum absolute atomic E-state index is 0.270. The third-order valence-electron chi connectivity index (χ3n) is 3.85. The van der Waals surface area contributed by atoms with E-state index >= 15 is 0 Å². The Morgan fingerprint density at radius 2 is 2.10 bits per heavy atom. The predicted molar refractivity (Wildman–Crippen MR) is 78.5 cm³/mol. The first-order valence-electron chi connectivity index (χ1n) is 6.65. The molecule has 2 aromatic heterocycles. The number of rotatable bonds is 3. The monoisotopic (exact) mass is 284 g/mol. The van der Waals surface area contributed by atoms with Crippen LogP contribution in [0.15, 0.2) is 24.4 Å². The summed E-state index contributed by atoms with van der Waals surface area (Å²) < 4.78 is 3.85. The molecule has 0 amide bonds. The van der Waals surface area contributed by atoms with E-state index in [-0.39, 0.29) is 5.56 Å². The van der Waals surface area contributed by atoms with E-state index in [9.17, 15) is 4.79 Å². The molecule has 0 atom stereocenters. The van der Waals surface area contributed by atoms with Crippen molar-refractivity contribution in [3.63, 3.8) is 0 Å². The minimum Gasteiger partial charge on any atom is -0.478 e. The summed E-state index contributed by atoms with van der Waals surface area (Å²) in [6.07, 6.45) is 1.83. The number of nitrogens with zero attached hydrogens (tertiary/aromatic N) is 4. The number of hydrogen-bond acceptors (Lipinski definition) is 3. The van der Waals surface area contributed by atoms with Gasteiger partial charge in [0, 0.05) is 18.3 Å². The van der Waals surface area contributed by atoms with Crippen molar-refractivity contribution in [2.75, 3.05) is 0 Å². The molecule has 2 heterocycles. The lowest BCUT2D eigenvalue weighted by molar-refractivity contribution is 0.0697. The first-order chi connectivity index (χ1) is 9.97. The predicted octanol–water partition coefficient (Wildman–Crippen LogP) is 2.13. The van der Waals surface area contributed by atoms with E-state index in [0.717, 1.165) is 28.1 Å². The van der Waals surface area contributed by atoms with Crippen LogP contribution in [-0.4, -0.2) is 30.4 Å². The molecule has 0 spiro atoms. The maximum atomic E-state index is 11.1. The van der Waals surface area contributed by atoms with Crippen molar-refractivity contribution in [2.24, 2.45) is 7.05 Å². The quantitative estimate of drug-likeness (QED) is 0.799. The first-order valence-corrected chi connectivity index (χ1v) is 6.65. The Morgan fingerprint density at radius 1 is 1.33 bits per heavy atom. The molecule has 0 unspecified atom stereocenters. The summed E-state index contributed by atoms with van der Waals surface area (Å²) in [6.45, 7) is 4.57. The van der Waals surface area contributed by atoms with E-state index in [1.807, 2.05) is 36.3 Å². The second kappa shape index (κ2) is 4.73. The number of hydrogen-bond donors (Lipinski definition) is 1. The van der Waals surface area contributed by atoms with Gasteiger partial charge in [0.2, 0.25) is 0 Å². The molecular weight excluding hydrogens is 268 g/mol. The number of aromatic carboxylic acids is 1. The number of fused-ring (bicyclic) bond motifs is 1. The van der Waals surface area contributed by atoms with Crippen molar-refractivity contribution in [1.82, 2.24) is 19.3 Å². The van der Waals surface area contributed by atoms with Gasteiger partial charge in [-0.2, -0.15) is 5.10 Å². The van der Waals surface area contributed by atoms with E-state index in [4.69, 9.17) is 5.11 Å². The first kappa shape index (κ1) is 13.4. The largest absolute Gasteiger partial charge is 0.478 e. The van der Waals surface area contributed by atoms with E-state index in [1.54, 1.807) is 18.2 Å². The fourth-order valence-electron chi connectivity index (χ4n) is 2.45. The molecule has 21 heavy (non-hydrogen) atoms. The molecule has 6 heteroatoms. The van der Waals surface area contributed by atoms with Gasteiger partial charge in [-0.05, 0) is 32.0 Å². The van der Waals surface area contributed by atoms with Crippen LogP contribution in [0.1, 0.15) is 27.4 Å². The molecule has 6 nitrogen and oxygen atoms in total. The van der Waals surface area contributed by atoms with Gasteiger partial charge < -0.3 is 9.67 Å². The van der Waals surface area contributed by atoms with E-state index in [1.165, 1.54) is 0 Å². The molecule has 0 fully saturated rings. The summed E-state index contributed by atoms with van der Waals surface area (Å²) in [5, 5.41) is 13.4. The zero-order valence-corrected chi connectivity index (χ0v) is 12.2. The zero-order valence-electron chi connectivity index (χ0n) is 12.2. The topological polar surface area (TPSA) is 72.9 Å². The van der Waals surface area contributed by atoms with Crippen LogP contribution >= 0.6 is 0 Å². The number of aromatic nitrogens is 4. The minimum atomic E-state index is -0.931. The molecule has 1 N–H and O–H groups in total. The molecule has 0 radical (unpaired) electrons. The fourth-order valence-corrected chi connectivity index (χ4v) is 2.45. The molecule has 0 aliphatic carbocycles. The molecular formula is C15H16N4O2. The average Bonchev–Trinajstić information content (AvgIpc) is 2.93. The second-order valence-corrected chi connectivity index (χ2v) is 5.13. The lowest BCUT2D eigenvalue weighted by Gasteiger charge is -2.07. The van der Waals surface area contributed by atoms with Gasteiger partial charge in [0.15, 0.2) is 0 Å². The van der Waals surface area contributed by atoms with Gasteiger partial charge in [-0.1, -0.05) is 0 Å². The van der Waals surface area contributed by atoms with Crippen LogP contribution in [0.5, 0.6) is 0 Å². The summed E-state index contributed by atoms with van der Waals surface area (Å²) in [6, 6.07) is 5.00. The van der Waals surface area contributed by atoms with Gasteiger partial charge >= 0.3 is 5.97 Å². The number of carboxylic acids is 1. The fraction of sp³-hybridized carbons (Fsp3) is 0.267. The van der Waals surface area contributed by atoms with Crippen molar-refractivity contribution in [1.29, 1.82) is 0 Å². The van der Waals surface area contributed by atoms with Gasteiger partial charge in [0.25, 0.3) is 0 Å². The van der Waals surface area contributed by atoms with Crippen molar-refractivity contribution in [2.45, 2.75) is 20.4 Å². The van der Waals surface area contributed by atoms with Crippen molar-refractivity contribution >= 4 is 17.0 Å². The maximum absolute atomic E-state index is 11.1. The summed E-state index contributed by atoms with van der Waals surface area (Å²) in [7, 11) is 1.90. The number of carbonyl (C=O) groups is 1. The van der Waals surface area contributed by atoms with E-state index in [2.05, 4.69) is 10.1 Å². The highest BCUT2D eigenvalue weighted by atomic mass is 16.4. The number of carboxylic acid groups (broad SMARTS) is 1. The third-order valence-corrected chi connectivity index (χ3v) is 3.85. The Balaban J connectivity index is 2.12.